The quantitative estimate of drug-likeness (QED) is 0.831. The summed E-state index contributed by atoms with van der Waals surface area (Å²) in [6, 6.07) is 0. The molecule has 5 heteroatoms. The van der Waals surface area contributed by atoms with Gasteiger partial charge in [-0.25, -0.2) is 0 Å². The molecule has 0 aromatic heterocycles. The summed E-state index contributed by atoms with van der Waals surface area (Å²) in [5, 5.41) is 12.2. The molecule has 0 aromatic carbocycles. The number of nitrogens with one attached hydrogen (secondary N) is 1. The number of hydrogen-bond acceptors (Lipinski definition) is 3. The molecule has 1 amide bonds. The van der Waals surface area contributed by atoms with Crippen molar-refractivity contribution in [2.45, 2.75) is 50.2 Å². The summed E-state index contributed by atoms with van der Waals surface area (Å²) < 4.78 is 0.142. The van der Waals surface area contributed by atoms with Gasteiger partial charge in [-0.1, -0.05) is 12.8 Å². The molecular weight excluding hydrogens is 262 g/mol. The molecule has 0 aromatic rings. The Morgan fingerprint density at radius 3 is 2.53 bits per heavy atom. The van der Waals surface area contributed by atoms with Crippen LogP contribution in [0.3, 0.4) is 0 Å². The lowest BCUT2D eigenvalue weighted by Crippen LogP contribution is -2.44. The van der Waals surface area contributed by atoms with E-state index in [1.165, 1.54) is 6.42 Å². The first-order valence-corrected chi connectivity index (χ1v) is 8.15. The molecule has 0 spiro atoms. The molecule has 19 heavy (non-hydrogen) atoms. The Kier molecular flexibility index (Phi) is 4.76. The molecule has 0 bridgehead atoms. The Hall–Kier alpha value is -0.710. The fourth-order valence-corrected chi connectivity index (χ4v) is 4.37. The van der Waals surface area contributed by atoms with Gasteiger partial charge in [0.05, 0.1) is 11.8 Å². The number of carboxylic acids is 1. The fourth-order valence-electron chi connectivity index (χ4n) is 3.12. The molecule has 4 nitrogen and oxygen atoms in total. The molecule has 3 unspecified atom stereocenters. The summed E-state index contributed by atoms with van der Waals surface area (Å²) in [7, 11) is 0. The highest BCUT2D eigenvalue weighted by molar-refractivity contribution is 8.00. The van der Waals surface area contributed by atoms with Crippen LogP contribution in [0.15, 0.2) is 0 Å². The van der Waals surface area contributed by atoms with Crippen molar-refractivity contribution in [2.75, 3.05) is 12.3 Å². The summed E-state index contributed by atoms with van der Waals surface area (Å²) in [5.74, 6) is -0.533. The average molecular weight is 285 g/mol. The van der Waals surface area contributed by atoms with E-state index in [-0.39, 0.29) is 16.6 Å². The lowest BCUT2D eigenvalue weighted by Gasteiger charge is -2.29. The summed E-state index contributed by atoms with van der Waals surface area (Å²) >= 11 is 1.91. The zero-order valence-corrected chi connectivity index (χ0v) is 12.3. The van der Waals surface area contributed by atoms with E-state index in [4.69, 9.17) is 0 Å². The Bertz CT molecular complexity index is 353. The number of carbonyl (C=O) groups is 2. The molecule has 1 heterocycles. The topological polar surface area (TPSA) is 66.4 Å². The van der Waals surface area contributed by atoms with E-state index in [9.17, 15) is 14.7 Å². The molecule has 1 aliphatic heterocycles. The van der Waals surface area contributed by atoms with E-state index in [0.29, 0.717) is 19.4 Å². The zero-order valence-electron chi connectivity index (χ0n) is 11.5. The second-order valence-corrected chi connectivity index (χ2v) is 7.64. The van der Waals surface area contributed by atoms with E-state index >= 15 is 0 Å². The van der Waals surface area contributed by atoms with Crippen LogP contribution < -0.4 is 5.32 Å². The first-order chi connectivity index (χ1) is 9.02. The van der Waals surface area contributed by atoms with Crippen LogP contribution in [0, 0.1) is 11.8 Å². The molecule has 2 aliphatic rings. The third-order valence-corrected chi connectivity index (χ3v) is 5.90. The van der Waals surface area contributed by atoms with E-state index in [1.807, 2.05) is 11.8 Å². The average Bonchev–Trinajstić information content (AvgIpc) is 2.83. The second kappa shape index (κ2) is 6.16. The largest absolute Gasteiger partial charge is 0.481 e. The van der Waals surface area contributed by atoms with Gasteiger partial charge in [-0.2, -0.15) is 11.8 Å². The highest BCUT2D eigenvalue weighted by Crippen LogP contribution is 2.37. The van der Waals surface area contributed by atoms with Crippen molar-refractivity contribution in [1.29, 1.82) is 0 Å². The molecule has 108 valence electrons. The van der Waals surface area contributed by atoms with Gasteiger partial charge in [0.25, 0.3) is 0 Å². The molecular formula is C14H23NO3S. The number of carbonyl (C=O) groups excluding carboxylic acids is 1. The Morgan fingerprint density at radius 2 is 1.95 bits per heavy atom. The van der Waals surface area contributed by atoms with Gasteiger partial charge >= 0.3 is 5.97 Å². The molecule has 2 rings (SSSR count). The summed E-state index contributed by atoms with van der Waals surface area (Å²) in [6.07, 6.45) is 5.58. The summed E-state index contributed by atoms with van der Waals surface area (Å²) in [5.41, 5.74) is 0. The first kappa shape index (κ1) is 14.7. The first-order valence-electron chi connectivity index (χ1n) is 7.16. The van der Waals surface area contributed by atoms with Gasteiger partial charge in [0, 0.05) is 11.3 Å². The van der Waals surface area contributed by atoms with E-state index < -0.39 is 11.9 Å². The molecule has 3 atom stereocenters. The van der Waals surface area contributed by atoms with Crippen molar-refractivity contribution in [3.8, 4) is 0 Å². The minimum atomic E-state index is -0.818. The van der Waals surface area contributed by atoms with Crippen molar-refractivity contribution in [2.24, 2.45) is 11.8 Å². The number of rotatable bonds is 4. The van der Waals surface area contributed by atoms with Gasteiger partial charge in [-0.15, -0.1) is 0 Å². The number of amides is 1. The van der Waals surface area contributed by atoms with Crippen molar-refractivity contribution < 1.29 is 14.7 Å². The maximum absolute atomic E-state index is 12.2. The lowest BCUT2D eigenvalue weighted by atomic mass is 9.78. The molecule has 1 aliphatic carbocycles. The Balaban J connectivity index is 1.89. The minimum absolute atomic E-state index is 0.0548. The summed E-state index contributed by atoms with van der Waals surface area (Å²) in [6.45, 7) is 2.85. The van der Waals surface area contributed by atoms with Crippen LogP contribution in [0.4, 0.5) is 0 Å². The SMILES string of the molecule is CC1(CNC(=O)C2CCCCC2C(=O)O)CCCS1. The van der Waals surface area contributed by atoms with Crippen LogP contribution in [0.5, 0.6) is 0 Å². The maximum Gasteiger partial charge on any atom is 0.307 e. The molecule has 1 saturated heterocycles. The van der Waals surface area contributed by atoms with E-state index in [0.717, 1.165) is 25.0 Å². The van der Waals surface area contributed by atoms with Gasteiger partial charge in [0.2, 0.25) is 5.91 Å². The second-order valence-electron chi connectivity index (χ2n) is 5.96. The van der Waals surface area contributed by atoms with Crippen LogP contribution in [0.2, 0.25) is 0 Å². The van der Waals surface area contributed by atoms with Crippen LogP contribution in [0.25, 0.3) is 0 Å². The lowest BCUT2D eigenvalue weighted by molar-refractivity contribution is -0.148. The van der Waals surface area contributed by atoms with Crippen molar-refractivity contribution in [3.63, 3.8) is 0 Å². The minimum Gasteiger partial charge on any atom is -0.481 e. The number of hydrogen-bond donors (Lipinski definition) is 2. The summed E-state index contributed by atoms with van der Waals surface area (Å²) in [4.78, 5) is 23.4. The molecule has 1 saturated carbocycles. The highest BCUT2D eigenvalue weighted by Gasteiger charge is 2.37. The van der Waals surface area contributed by atoms with Crippen LogP contribution in [-0.2, 0) is 9.59 Å². The van der Waals surface area contributed by atoms with Crippen molar-refractivity contribution in [3.05, 3.63) is 0 Å². The monoisotopic (exact) mass is 285 g/mol. The third kappa shape index (κ3) is 3.65. The van der Waals surface area contributed by atoms with Gasteiger partial charge in [0.15, 0.2) is 0 Å². The Labute approximate surface area is 118 Å². The van der Waals surface area contributed by atoms with Gasteiger partial charge in [0.1, 0.15) is 0 Å². The van der Waals surface area contributed by atoms with Gasteiger partial charge < -0.3 is 10.4 Å². The standard InChI is InChI=1S/C14H23NO3S/c1-14(7-4-8-19-14)9-15-12(16)10-5-2-3-6-11(10)13(17)18/h10-11H,2-9H2,1H3,(H,15,16)(H,17,18). The normalized spacial score (nSPS) is 35.0. The van der Waals surface area contributed by atoms with E-state index in [2.05, 4.69) is 12.2 Å². The predicted octanol–water partition coefficient (Wildman–Crippen LogP) is 2.28. The maximum atomic E-state index is 12.2. The Morgan fingerprint density at radius 1 is 1.26 bits per heavy atom. The fraction of sp³-hybridized carbons (Fsp3) is 0.857. The van der Waals surface area contributed by atoms with Crippen molar-refractivity contribution in [1.82, 2.24) is 5.32 Å². The molecule has 2 fully saturated rings. The molecule has 2 N–H and O–H groups in total. The van der Waals surface area contributed by atoms with Gasteiger partial charge in [-0.3, -0.25) is 9.59 Å². The van der Waals surface area contributed by atoms with Crippen LogP contribution in [0.1, 0.15) is 45.4 Å². The van der Waals surface area contributed by atoms with Crippen LogP contribution >= 0.6 is 11.8 Å². The van der Waals surface area contributed by atoms with Crippen LogP contribution in [-0.4, -0.2) is 34.0 Å². The number of thioether (sulfide) groups is 1. The van der Waals surface area contributed by atoms with Crippen molar-refractivity contribution >= 4 is 23.6 Å². The van der Waals surface area contributed by atoms with E-state index in [1.54, 1.807) is 0 Å². The zero-order chi connectivity index (χ0) is 13.9. The number of carboxylic acid groups (broad SMARTS) is 1. The third-order valence-electron chi connectivity index (χ3n) is 4.36. The molecule has 0 radical (unpaired) electrons. The number of aliphatic carboxylic acids is 1. The smallest absolute Gasteiger partial charge is 0.307 e. The van der Waals surface area contributed by atoms with Gasteiger partial charge in [-0.05, 0) is 38.4 Å². The highest BCUT2D eigenvalue weighted by atomic mass is 32.2. The predicted molar refractivity (Wildman–Crippen MR) is 76.2 cm³/mol.